The molecule has 0 fully saturated rings. The predicted molar refractivity (Wildman–Crippen MR) is 345 cm³/mol. The van der Waals surface area contributed by atoms with E-state index in [-0.39, 0.29) is 65.1 Å². The van der Waals surface area contributed by atoms with Crippen molar-refractivity contribution in [3.8, 4) is 0 Å². The molecule has 6 aromatic rings. The number of hydrogen-bond acceptors (Lipinski definition) is 18. The first kappa shape index (κ1) is 83.7. The SMILES string of the molecule is C.C.C.C.CC(=O)NCn1cc(CP)nn1.CC(=O)NCn1cc(CP)nn1.CC(=O)NCn1cc(P)nn1.CC(=O)NCn1cc(P)nn1.CCCC(=O)NCCCn1cc(CCP)nn1.CCCC(=O)NCCCn1cc(CP)nn1. The van der Waals surface area contributed by atoms with Crippen LogP contribution in [0.2, 0.25) is 0 Å². The van der Waals surface area contributed by atoms with Crippen molar-refractivity contribution in [3.63, 3.8) is 0 Å². The third kappa shape index (κ3) is 44.4. The van der Waals surface area contributed by atoms with E-state index in [1.54, 1.807) is 43.5 Å². The van der Waals surface area contributed by atoms with Crippen LogP contribution < -0.4 is 42.8 Å². The van der Waals surface area contributed by atoms with Crippen molar-refractivity contribution in [2.24, 2.45) is 0 Å². The molecular weight excluding hydrogens is 1180 g/mol. The minimum Gasteiger partial charge on any atom is -0.356 e. The summed E-state index contributed by atoms with van der Waals surface area (Å²) in [5.74, 6) is -0.0333. The maximum atomic E-state index is 11.2. The van der Waals surface area contributed by atoms with Crippen molar-refractivity contribution >= 4 is 102 Å². The Hall–Kier alpha value is -5.76. The van der Waals surface area contributed by atoms with Crippen LogP contribution in [0.3, 0.4) is 0 Å². The highest BCUT2D eigenvalue weighted by molar-refractivity contribution is 7.27. The van der Waals surface area contributed by atoms with Gasteiger partial charge in [-0.25, -0.2) is 18.7 Å². The van der Waals surface area contributed by atoms with Gasteiger partial charge in [-0.05, 0) is 38.3 Å². The van der Waals surface area contributed by atoms with E-state index in [1.165, 1.54) is 27.7 Å². The minimum absolute atomic E-state index is 0. The number of amides is 6. The average Bonchev–Trinajstić information content (AvgIpc) is 4.30. The van der Waals surface area contributed by atoms with Gasteiger partial charge in [-0.2, -0.15) is 0 Å². The predicted octanol–water partition coefficient (Wildman–Crippen LogP) is 1.74. The van der Waals surface area contributed by atoms with Gasteiger partial charge in [0, 0.05) is 97.6 Å². The van der Waals surface area contributed by atoms with Crippen molar-refractivity contribution in [2.45, 2.75) is 174 Å². The number of aryl methyl sites for hydroxylation is 3. The molecule has 0 bridgehead atoms. The second-order valence-electron chi connectivity index (χ2n) is 16.4. The van der Waals surface area contributed by atoms with Crippen molar-refractivity contribution in [3.05, 3.63) is 60.0 Å². The monoisotopic (exact) mass is 1280 g/mol. The zero-order valence-corrected chi connectivity index (χ0v) is 52.8. The van der Waals surface area contributed by atoms with E-state index in [2.05, 4.69) is 149 Å². The number of nitrogens with one attached hydrogen (secondary N) is 6. The maximum absolute atomic E-state index is 11.2. The fourth-order valence-electron chi connectivity index (χ4n) is 5.39. The molecule has 6 heterocycles. The van der Waals surface area contributed by atoms with E-state index < -0.39 is 0 Å². The maximum Gasteiger partial charge on any atom is 0.219 e. The summed E-state index contributed by atoms with van der Waals surface area (Å²) in [7, 11) is 15.2. The van der Waals surface area contributed by atoms with E-state index in [4.69, 9.17) is 0 Å². The Balaban J connectivity index is -0.000000450. The van der Waals surface area contributed by atoms with Gasteiger partial charge in [-0.3, -0.25) is 38.1 Å². The van der Waals surface area contributed by atoms with Gasteiger partial charge >= 0.3 is 0 Å². The molecule has 6 N–H and O–H groups in total. The lowest BCUT2D eigenvalue weighted by Gasteiger charge is -2.03. The summed E-state index contributed by atoms with van der Waals surface area (Å²) in [6.07, 6.45) is 20.1. The minimum atomic E-state index is -0.0780. The smallest absolute Gasteiger partial charge is 0.219 e. The standard InChI is InChI=1S/C11H21N4OP.C10H19N4OP.2C6H11N4OP.2C5H9N4OP.4CH4/c1-2-4-11(16)12-6-3-7-15-9-10(5-8-17)13-14-15;1-2-4-10(15)11-5-3-6-14-7-9(8-16)12-13-14;2*1-5(11)7-4-10-2-6(3-12)8-9-10;2*1-4(10)6-3-9-2-5(11)7-8-9;;;;/h9H,2-8,17H2,1H3,(H,12,16);7H,2-6,8,16H2,1H3,(H,11,15);2*2H,3-4,12H2,1H3,(H,7,11);2*2H,3,11H2,1H3,(H,6,10);4*1H4. The van der Waals surface area contributed by atoms with Crippen LogP contribution in [0.25, 0.3) is 0 Å². The van der Waals surface area contributed by atoms with Crippen LogP contribution in [0.15, 0.2) is 37.2 Å². The average molecular weight is 1280 g/mol. The molecule has 0 saturated heterocycles. The van der Waals surface area contributed by atoms with Crippen LogP contribution in [-0.4, -0.2) is 145 Å². The van der Waals surface area contributed by atoms with Crippen LogP contribution in [-0.2, 0) is 93.4 Å². The Morgan fingerprint density at radius 3 is 0.952 bits per heavy atom. The van der Waals surface area contributed by atoms with Crippen LogP contribution in [0.5, 0.6) is 0 Å². The zero-order chi connectivity index (χ0) is 58.8. The van der Waals surface area contributed by atoms with Crippen molar-refractivity contribution in [1.82, 2.24) is 122 Å². The van der Waals surface area contributed by atoms with E-state index in [1.807, 2.05) is 35.6 Å². The van der Waals surface area contributed by atoms with Crippen LogP contribution in [0, 0.1) is 0 Å². The van der Waals surface area contributed by atoms with Crippen LogP contribution in [0.4, 0.5) is 0 Å². The molecule has 6 rings (SSSR count). The summed E-state index contributed by atoms with van der Waals surface area (Å²) in [6, 6.07) is 0. The molecule has 470 valence electrons. The van der Waals surface area contributed by atoms with Crippen molar-refractivity contribution in [1.29, 1.82) is 0 Å². The molecule has 0 spiro atoms. The summed E-state index contributed by atoms with van der Waals surface area (Å²) in [4.78, 5) is 64.3. The summed E-state index contributed by atoms with van der Waals surface area (Å²) in [5, 5.41) is 62.4. The molecular formula is C47H96N24O6P6. The van der Waals surface area contributed by atoms with Crippen molar-refractivity contribution in [2.75, 3.05) is 19.3 Å². The fraction of sp³-hybridized carbons (Fsp3) is 0.617. The lowest BCUT2D eigenvalue weighted by atomic mass is 10.3. The summed E-state index contributed by atoms with van der Waals surface area (Å²) in [5.41, 5.74) is 5.30. The number of nitrogens with zero attached hydrogens (tertiary/aromatic N) is 18. The summed E-state index contributed by atoms with van der Waals surface area (Å²) >= 11 is 0. The molecule has 6 aromatic heterocycles. The van der Waals surface area contributed by atoms with Crippen LogP contribution in [0.1, 0.15) is 133 Å². The Morgan fingerprint density at radius 1 is 0.410 bits per heavy atom. The first-order chi connectivity index (χ1) is 37.8. The number of rotatable bonds is 25. The lowest BCUT2D eigenvalue weighted by molar-refractivity contribution is -0.121. The molecule has 6 unspecified atom stereocenters. The molecule has 6 amide bonds. The lowest BCUT2D eigenvalue weighted by Crippen LogP contribution is -2.24. The van der Waals surface area contributed by atoms with Crippen molar-refractivity contribution < 1.29 is 28.8 Å². The molecule has 6 atom stereocenters. The Morgan fingerprint density at radius 2 is 0.687 bits per heavy atom. The Bertz CT molecular complexity index is 2530. The van der Waals surface area contributed by atoms with Gasteiger partial charge in [0.05, 0.1) is 58.4 Å². The largest absolute Gasteiger partial charge is 0.356 e. The Labute approximate surface area is 504 Å². The first-order valence-electron chi connectivity index (χ1n) is 25.0. The molecule has 30 nitrogen and oxygen atoms in total. The highest BCUT2D eigenvalue weighted by atomic mass is 31.0. The third-order valence-electron chi connectivity index (χ3n) is 9.17. The fourth-order valence-corrected chi connectivity index (χ4v) is 6.69. The van der Waals surface area contributed by atoms with Gasteiger partial charge < -0.3 is 31.9 Å². The normalized spacial score (nSPS) is 9.54. The second-order valence-corrected chi connectivity index (χ2v) is 19.4. The van der Waals surface area contributed by atoms with Gasteiger partial charge in [0.1, 0.15) is 26.7 Å². The van der Waals surface area contributed by atoms with Gasteiger partial charge in [-0.15, -0.1) is 67.6 Å². The third-order valence-corrected chi connectivity index (χ3v) is 11.2. The van der Waals surface area contributed by atoms with E-state index >= 15 is 0 Å². The molecule has 0 aliphatic rings. The van der Waals surface area contributed by atoms with Gasteiger partial charge in [0.15, 0.2) is 0 Å². The van der Waals surface area contributed by atoms with E-state index in [0.717, 1.165) is 103 Å². The summed E-state index contributed by atoms with van der Waals surface area (Å²) < 4.78 is 9.90. The molecule has 0 aliphatic heterocycles. The molecule has 0 aliphatic carbocycles. The molecule has 0 aromatic carbocycles. The number of aromatic nitrogens is 18. The highest BCUT2D eigenvalue weighted by Crippen LogP contribution is 2.02. The van der Waals surface area contributed by atoms with Gasteiger partial charge in [-0.1, -0.05) is 93.3 Å². The number of carbonyl (C=O) groups excluding carboxylic acids is 6. The zero-order valence-electron chi connectivity index (χ0n) is 45.9. The van der Waals surface area contributed by atoms with E-state index in [0.29, 0.717) is 52.6 Å². The topological polar surface area (TPSA) is 359 Å². The number of carbonyl (C=O) groups is 6. The summed E-state index contributed by atoms with van der Waals surface area (Å²) in [6.45, 7) is 14.4. The quantitative estimate of drug-likeness (QED) is 0.0351. The van der Waals surface area contributed by atoms with Gasteiger partial charge in [0.25, 0.3) is 0 Å². The van der Waals surface area contributed by atoms with Gasteiger partial charge in [0.2, 0.25) is 35.4 Å². The molecule has 36 heteroatoms. The Kier molecular flexibility index (Phi) is 52.3. The molecule has 83 heavy (non-hydrogen) atoms. The number of hydrogen-bond donors (Lipinski definition) is 6. The molecule has 0 saturated carbocycles. The van der Waals surface area contributed by atoms with E-state index in [9.17, 15) is 28.8 Å². The van der Waals surface area contributed by atoms with Crippen LogP contribution >= 0.6 is 55.4 Å². The molecule has 0 radical (unpaired) electrons. The highest BCUT2D eigenvalue weighted by Gasteiger charge is 2.04. The second kappa shape index (κ2) is 51.8. The first-order valence-corrected chi connectivity index (χ1v) is 29.4.